The molecule has 0 bridgehead atoms. The number of rotatable bonds is 3. The highest BCUT2D eigenvalue weighted by atomic mass is 19.1. The normalized spacial score (nSPS) is 17.5. The molecule has 1 fully saturated rings. The number of aliphatic hydroxyl groups is 1. The number of amides is 1. The number of nitrogens with two attached hydrogens (primary N) is 1. The highest BCUT2D eigenvalue weighted by Crippen LogP contribution is 2.23. The third-order valence-electron chi connectivity index (χ3n) is 3.60. The smallest absolute Gasteiger partial charge is 0.256 e. The van der Waals surface area contributed by atoms with Crippen LogP contribution in [0.2, 0.25) is 0 Å². The molecule has 7 heteroatoms. The molecule has 0 radical (unpaired) electrons. The van der Waals surface area contributed by atoms with Gasteiger partial charge in [0.25, 0.3) is 5.91 Å². The quantitative estimate of drug-likeness (QED) is 0.821. The number of benzene rings is 1. The zero-order valence-corrected chi connectivity index (χ0v) is 11.7. The number of nitrogens with zero attached hydrogens (tertiary/aromatic N) is 1. The van der Waals surface area contributed by atoms with Crippen molar-refractivity contribution in [2.45, 2.75) is 18.4 Å². The van der Waals surface area contributed by atoms with Gasteiger partial charge in [-0.15, -0.1) is 0 Å². The van der Waals surface area contributed by atoms with Crippen LogP contribution in [0.15, 0.2) is 12.1 Å². The van der Waals surface area contributed by atoms with Crippen LogP contribution in [-0.4, -0.2) is 48.3 Å². The van der Waals surface area contributed by atoms with E-state index in [1.165, 1.54) is 11.9 Å². The summed E-state index contributed by atoms with van der Waals surface area (Å²) in [5.74, 6) is -2.46. The Kier molecular flexibility index (Phi) is 4.43. The molecule has 3 N–H and O–H groups in total. The summed E-state index contributed by atoms with van der Waals surface area (Å²) in [7, 11) is 1.43. The maximum atomic E-state index is 13.8. The first-order valence-electron chi connectivity index (χ1n) is 6.62. The molecule has 1 aromatic rings. The van der Waals surface area contributed by atoms with E-state index in [2.05, 4.69) is 0 Å². The maximum absolute atomic E-state index is 13.8. The highest BCUT2D eigenvalue weighted by molar-refractivity contribution is 5.95. The lowest BCUT2D eigenvalue weighted by atomic mass is 9.93. The topological polar surface area (TPSA) is 75.8 Å². The summed E-state index contributed by atoms with van der Waals surface area (Å²) >= 11 is 0. The molecule has 0 unspecified atom stereocenters. The second-order valence-electron chi connectivity index (χ2n) is 5.35. The van der Waals surface area contributed by atoms with E-state index < -0.39 is 34.4 Å². The van der Waals surface area contributed by atoms with Crippen LogP contribution in [0.5, 0.6) is 0 Å². The number of hydrogen-bond donors (Lipinski definition) is 2. The molecule has 5 nitrogen and oxygen atoms in total. The summed E-state index contributed by atoms with van der Waals surface area (Å²) in [6, 6.07) is 1.62. The summed E-state index contributed by atoms with van der Waals surface area (Å²) in [6.45, 7) is 0.824. The van der Waals surface area contributed by atoms with Crippen molar-refractivity contribution in [2.24, 2.45) is 0 Å². The number of carbonyl (C=O) groups excluding carboxylic acids is 1. The molecule has 2 rings (SSSR count). The lowest BCUT2D eigenvalue weighted by Crippen LogP contribution is -2.47. The highest BCUT2D eigenvalue weighted by Gasteiger charge is 2.33. The van der Waals surface area contributed by atoms with Gasteiger partial charge in [0.2, 0.25) is 0 Å². The summed E-state index contributed by atoms with van der Waals surface area (Å²) < 4.78 is 32.3. The van der Waals surface area contributed by atoms with Gasteiger partial charge >= 0.3 is 0 Å². The Labute approximate surface area is 121 Å². The lowest BCUT2D eigenvalue weighted by molar-refractivity contribution is -0.0734. The molecule has 0 aromatic heterocycles. The van der Waals surface area contributed by atoms with Gasteiger partial charge in [-0.2, -0.15) is 0 Å². The van der Waals surface area contributed by atoms with Gasteiger partial charge in [-0.3, -0.25) is 4.79 Å². The fourth-order valence-corrected chi connectivity index (χ4v) is 2.39. The minimum atomic E-state index is -1.07. The number of ether oxygens (including phenoxy) is 1. The molecular weight excluding hydrogens is 282 g/mol. The van der Waals surface area contributed by atoms with Gasteiger partial charge in [0, 0.05) is 39.6 Å². The van der Waals surface area contributed by atoms with Crippen LogP contribution >= 0.6 is 0 Å². The summed E-state index contributed by atoms with van der Waals surface area (Å²) in [5.41, 5.74) is 3.39. The Hall–Kier alpha value is -1.73. The Balaban J connectivity index is 2.16. The average Bonchev–Trinajstić information content (AvgIpc) is 2.42. The Morgan fingerprint density at radius 3 is 2.67 bits per heavy atom. The maximum Gasteiger partial charge on any atom is 0.256 e. The third-order valence-corrected chi connectivity index (χ3v) is 3.60. The molecule has 0 aliphatic carbocycles. The predicted molar refractivity (Wildman–Crippen MR) is 72.7 cm³/mol. The van der Waals surface area contributed by atoms with Crippen molar-refractivity contribution in [2.75, 3.05) is 32.5 Å². The van der Waals surface area contributed by atoms with E-state index in [-0.39, 0.29) is 6.54 Å². The van der Waals surface area contributed by atoms with Gasteiger partial charge < -0.3 is 20.5 Å². The van der Waals surface area contributed by atoms with Gasteiger partial charge in [0.15, 0.2) is 5.82 Å². The molecule has 21 heavy (non-hydrogen) atoms. The van der Waals surface area contributed by atoms with E-state index in [1.807, 2.05) is 0 Å². The largest absolute Gasteiger partial charge is 0.396 e. The first-order chi connectivity index (χ1) is 9.82. The van der Waals surface area contributed by atoms with E-state index in [1.54, 1.807) is 0 Å². The molecule has 116 valence electrons. The number of carbonyl (C=O) groups is 1. The van der Waals surface area contributed by atoms with Gasteiger partial charge in [-0.1, -0.05) is 0 Å². The van der Waals surface area contributed by atoms with Crippen molar-refractivity contribution in [3.8, 4) is 0 Å². The second kappa shape index (κ2) is 5.95. The fraction of sp³-hybridized carbons (Fsp3) is 0.500. The van der Waals surface area contributed by atoms with Gasteiger partial charge in [0.05, 0.1) is 16.9 Å². The van der Waals surface area contributed by atoms with Crippen LogP contribution in [0.1, 0.15) is 23.2 Å². The van der Waals surface area contributed by atoms with Crippen molar-refractivity contribution in [1.82, 2.24) is 4.90 Å². The van der Waals surface area contributed by atoms with Crippen LogP contribution in [0.25, 0.3) is 0 Å². The summed E-state index contributed by atoms with van der Waals surface area (Å²) in [4.78, 5) is 13.4. The van der Waals surface area contributed by atoms with Crippen LogP contribution in [0.4, 0.5) is 14.5 Å². The molecule has 1 aliphatic rings. The standard InChI is InChI=1S/C14H18F2N2O3/c1-18(8-14(20)2-4-21-5-3-14)13(19)10-6-9(15)7-11(17)12(10)16/h6-7,20H,2-5,8,17H2,1H3. The summed E-state index contributed by atoms with van der Waals surface area (Å²) in [5, 5.41) is 10.3. The van der Waals surface area contributed by atoms with Crippen molar-refractivity contribution in [1.29, 1.82) is 0 Å². The SMILES string of the molecule is CN(CC1(O)CCOCC1)C(=O)c1cc(F)cc(N)c1F. The van der Waals surface area contributed by atoms with E-state index in [4.69, 9.17) is 10.5 Å². The average molecular weight is 300 g/mol. The van der Waals surface area contributed by atoms with E-state index in [9.17, 15) is 18.7 Å². The minimum absolute atomic E-state index is 0.0189. The van der Waals surface area contributed by atoms with E-state index in [0.29, 0.717) is 26.1 Å². The fourth-order valence-electron chi connectivity index (χ4n) is 2.39. The van der Waals surface area contributed by atoms with E-state index >= 15 is 0 Å². The number of halogens is 2. The van der Waals surface area contributed by atoms with Crippen molar-refractivity contribution in [3.63, 3.8) is 0 Å². The van der Waals surface area contributed by atoms with Gasteiger partial charge in [-0.25, -0.2) is 8.78 Å². The first kappa shape index (κ1) is 15.7. The van der Waals surface area contributed by atoms with Crippen LogP contribution in [0, 0.1) is 11.6 Å². The van der Waals surface area contributed by atoms with Crippen molar-refractivity contribution >= 4 is 11.6 Å². The number of anilines is 1. The molecule has 1 aromatic carbocycles. The van der Waals surface area contributed by atoms with Crippen LogP contribution < -0.4 is 5.73 Å². The molecule has 0 atom stereocenters. The van der Waals surface area contributed by atoms with Crippen molar-refractivity contribution < 1.29 is 23.4 Å². The van der Waals surface area contributed by atoms with Gasteiger partial charge in [0.1, 0.15) is 5.82 Å². The first-order valence-corrected chi connectivity index (χ1v) is 6.62. The minimum Gasteiger partial charge on any atom is -0.396 e. The van der Waals surface area contributed by atoms with Crippen LogP contribution in [-0.2, 0) is 4.74 Å². The number of nitrogen functional groups attached to an aromatic ring is 1. The zero-order chi connectivity index (χ0) is 15.6. The molecule has 0 saturated carbocycles. The Morgan fingerprint density at radius 2 is 2.05 bits per heavy atom. The number of hydrogen-bond acceptors (Lipinski definition) is 4. The van der Waals surface area contributed by atoms with Crippen LogP contribution in [0.3, 0.4) is 0 Å². The summed E-state index contributed by atoms with van der Waals surface area (Å²) in [6.07, 6.45) is 0.775. The Morgan fingerprint density at radius 1 is 1.43 bits per heavy atom. The zero-order valence-electron chi connectivity index (χ0n) is 11.7. The van der Waals surface area contributed by atoms with Crippen molar-refractivity contribution in [3.05, 3.63) is 29.3 Å². The van der Waals surface area contributed by atoms with Gasteiger partial charge in [-0.05, 0) is 12.1 Å². The third kappa shape index (κ3) is 3.48. The van der Waals surface area contributed by atoms with E-state index in [0.717, 1.165) is 12.1 Å². The molecule has 0 spiro atoms. The number of likely N-dealkylation sites (N-methyl/N-ethyl adjacent to an activating group) is 1. The monoisotopic (exact) mass is 300 g/mol. The molecule has 1 aliphatic heterocycles. The Bertz CT molecular complexity index is 545. The molecule has 1 heterocycles. The second-order valence-corrected chi connectivity index (χ2v) is 5.35. The molecule has 1 amide bonds. The lowest BCUT2D eigenvalue weighted by Gasteiger charge is -2.35. The molecule has 1 saturated heterocycles. The predicted octanol–water partition coefficient (Wildman–Crippen LogP) is 1.16. The molecular formula is C14H18F2N2O3.